The molecule has 0 saturated heterocycles. The highest BCUT2D eigenvalue weighted by Gasteiger charge is 2.11. The van der Waals surface area contributed by atoms with E-state index in [0.717, 1.165) is 49.7 Å². The molecule has 122 valence electrons. The first kappa shape index (κ1) is 17.8. The molecule has 0 bridgehead atoms. The van der Waals surface area contributed by atoms with Crippen LogP contribution in [0.5, 0.6) is 0 Å². The third-order valence-electron chi connectivity index (χ3n) is 4.45. The molecular formula is C22H24N2. The fourth-order valence-electron chi connectivity index (χ4n) is 3.03. The molecule has 2 aromatic carbocycles. The molecule has 2 unspecified atom stereocenters. The van der Waals surface area contributed by atoms with E-state index in [2.05, 4.69) is 12.1 Å². The van der Waals surface area contributed by atoms with Crippen molar-refractivity contribution in [1.29, 1.82) is 10.5 Å². The molecule has 2 heteroatoms. The fourth-order valence-corrected chi connectivity index (χ4v) is 3.03. The average Bonchev–Trinajstić information content (AvgIpc) is 2.66. The summed E-state index contributed by atoms with van der Waals surface area (Å²) in [7, 11) is 0. The Morgan fingerprint density at radius 1 is 0.583 bits per heavy atom. The molecule has 0 heterocycles. The molecule has 0 aliphatic rings. The van der Waals surface area contributed by atoms with Gasteiger partial charge in [-0.2, -0.15) is 10.5 Å². The van der Waals surface area contributed by atoms with Crippen molar-refractivity contribution >= 4 is 0 Å². The zero-order valence-electron chi connectivity index (χ0n) is 14.1. The van der Waals surface area contributed by atoms with Crippen molar-refractivity contribution in [3.8, 4) is 12.1 Å². The Morgan fingerprint density at radius 3 is 1.29 bits per heavy atom. The van der Waals surface area contributed by atoms with E-state index in [4.69, 9.17) is 0 Å². The van der Waals surface area contributed by atoms with Crippen LogP contribution in [-0.2, 0) is 0 Å². The van der Waals surface area contributed by atoms with Gasteiger partial charge in [0.05, 0.1) is 24.0 Å². The molecule has 0 aliphatic heterocycles. The quantitative estimate of drug-likeness (QED) is 0.537. The summed E-state index contributed by atoms with van der Waals surface area (Å²) >= 11 is 0. The van der Waals surface area contributed by atoms with Gasteiger partial charge in [-0.3, -0.25) is 0 Å². The van der Waals surface area contributed by atoms with Gasteiger partial charge in [0.2, 0.25) is 0 Å². The van der Waals surface area contributed by atoms with Crippen molar-refractivity contribution < 1.29 is 0 Å². The van der Waals surface area contributed by atoms with E-state index in [1.807, 2.05) is 60.7 Å². The lowest BCUT2D eigenvalue weighted by molar-refractivity contribution is 0.567. The summed E-state index contributed by atoms with van der Waals surface area (Å²) in [6.45, 7) is 0. The predicted molar refractivity (Wildman–Crippen MR) is 97.3 cm³/mol. The summed E-state index contributed by atoms with van der Waals surface area (Å²) in [6, 6.07) is 24.9. The maximum absolute atomic E-state index is 9.33. The van der Waals surface area contributed by atoms with Crippen molar-refractivity contribution in [2.24, 2.45) is 0 Å². The fraction of sp³-hybridized carbons (Fsp3) is 0.364. The molecule has 2 nitrogen and oxygen atoms in total. The highest BCUT2D eigenvalue weighted by Crippen LogP contribution is 2.24. The lowest BCUT2D eigenvalue weighted by atomic mass is 9.92. The van der Waals surface area contributed by atoms with Crippen molar-refractivity contribution in [3.05, 3.63) is 71.8 Å². The minimum atomic E-state index is 0.00220. The van der Waals surface area contributed by atoms with E-state index >= 15 is 0 Å². The number of benzene rings is 2. The molecule has 2 rings (SSSR count). The van der Waals surface area contributed by atoms with E-state index < -0.39 is 0 Å². The van der Waals surface area contributed by atoms with Gasteiger partial charge in [-0.05, 0) is 24.0 Å². The number of nitriles is 2. The number of rotatable bonds is 9. The molecular weight excluding hydrogens is 292 g/mol. The van der Waals surface area contributed by atoms with Gasteiger partial charge < -0.3 is 0 Å². The molecule has 0 amide bonds. The van der Waals surface area contributed by atoms with E-state index in [1.54, 1.807) is 0 Å². The molecule has 0 aliphatic carbocycles. The van der Waals surface area contributed by atoms with Crippen molar-refractivity contribution in [1.82, 2.24) is 0 Å². The van der Waals surface area contributed by atoms with E-state index in [-0.39, 0.29) is 11.8 Å². The van der Waals surface area contributed by atoms with Gasteiger partial charge in [-0.15, -0.1) is 0 Å². The standard InChI is InChI=1S/C22H24N2/c23-17-21(19-11-7-3-8-12-19)15-5-1-2-6-16-22(18-24)20-13-9-4-10-14-20/h3-4,7-14,21-22H,1-2,5-6,15-16H2. The summed E-state index contributed by atoms with van der Waals surface area (Å²) in [6.07, 6.45) is 6.21. The minimum Gasteiger partial charge on any atom is -0.198 e. The van der Waals surface area contributed by atoms with Gasteiger partial charge in [0.15, 0.2) is 0 Å². The number of hydrogen-bond donors (Lipinski definition) is 0. The van der Waals surface area contributed by atoms with Crippen LogP contribution in [-0.4, -0.2) is 0 Å². The van der Waals surface area contributed by atoms with Crippen LogP contribution in [0.15, 0.2) is 60.7 Å². The number of hydrogen-bond acceptors (Lipinski definition) is 2. The third-order valence-corrected chi connectivity index (χ3v) is 4.45. The second-order valence-electron chi connectivity index (χ2n) is 6.18. The molecule has 2 atom stereocenters. The summed E-state index contributed by atoms with van der Waals surface area (Å²) in [5.41, 5.74) is 2.24. The Bertz CT molecular complexity index is 603. The van der Waals surface area contributed by atoms with E-state index in [0.29, 0.717) is 0 Å². The summed E-state index contributed by atoms with van der Waals surface area (Å²) in [5.74, 6) is 0.00440. The van der Waals surface area contributed by atoms with Gasteiger partial charge in [-0.25, -0.2) is 0 Å². The van der Waals surface area contributed by atoms with Gasteiger partial charge in [0, 0.05) is 0 Å². The lowest BCUT2D eigenvalue weighted by Gasteiger charge is -2.10. The van der Waals surface area contributed by atoms with Crippen LogP contribution in [0.1, 0.15) is 61.5 Å². The summed E-state index contributed by atoms with van der Waals surface area (Å²) in [4.78, 5) is 0. The van der Waals surface area contributed by atoms with Crippen LogP contribution in [0, 0.1) is 22.7 Å². The highest BCUT2D eigenvalue weighted by molar-refractivity contribution is 5.25. The Kier molecular flexibility index (Phi) is 7.58. The van der Waals surface area contributed by atoms with Crippen LogP contribution in [0.3, 0.4) is 0 Å². The first-order valence-corrected chi connectivity index (χ1v) is 8.74. The largest absolute Gasteiger partial charge is 0.198 e. The normalized spacial score (nSPS) is 12.8. The molecule has 0 radical (unpaired) electrons. The smallest absolute Gasteiger partial charge is 0.0712 e. The Balaban J connectivity index is 1.66. The second kappa shape index (κ2) is 10.2. The van der Waals surface area contributed by atoms with Crippen molar-refractivity contribution in [3.63, 3.8) is 0 Å². The van der Waals surface area contributed by atoms with Crippen LogP contribution >= 0.6 is 0 Å². The molecule has 0 fully saturated rings. The Hall–Kier alpha value is -2.58. The molecule has 0 N–H and O–H groups in total. The van der Waals surface area contributed by atoms with Crippen molar-refractivity contribution in [2.45, 2.75) is 50.4 Å². The SMILES string of the molecule is N#CC(CCCCCCC(C#N)c1ccccc1)c1ccccc1. The minimum absolute atomic E-state index is 0.00220. The summed E-state index contributed by atoms with van der Waals surface area (Å²) < 4.78 is 0. The van der Waals surface area contributed by atoms with E-state index in [9.17, 15) is 10.5 Å². The van der Waals surface area contributed by atoms with Gasteiger partial charge in [0.25, 0.3) is 0 Å². The topological polar surface area (TPSA) is 47.6 Å². The second-order valence-corrected chi connectivity index (χ2v) is 6.18. The molecule has 24 heavy (non-hydrogen) atoms. The van der Waals surface area contributed by atoms with Gasteiger partial charge in [0.1, 0.15) is 0 Å². The zero-order valence-corrected chi connectivity index (χ0v) is 14.1. The van der Waals surface area contributed by atoms with Crippen LogP contribution in [0.4, 0.5) is 0 Å². The summed E-state index contributed by atoms with van der Waals surface area (Å²) in [5, 5.41) is 18.7. The first-order chi connectivity index (χ1) is 11.8. The molecule has 0 spiro atoms. The number of unbranched alkanes of at least 4 members (excludes halogenated alkanes) is 3. The lowest BCUT2D eigenvalue weighted by Crippen LogP contribution is -1.97. The van der Waals surface area contributed by atoms with Crippen LogP contribution in [0.2, 0.25) is 0 Å². The maximum atomic E-state index is 9.33. The van der Waals surface area contributed by atoms with Crippen LogP contribution in [0.25, 0.3) is 0 Å². The van der Waals surface area contributed by atoms with Crippen LogP contribution < -0.4 is 0 Å². The third kappa shape index (κ3) is 5.56. The van der Waals surface area contributed by atoms with Gasteiger partial charge in [-0.1, -0.05) is 86.3 Å². The first-order valence-electron chi connectivity index (χ1n) is 8.74. The maximum Gasteiger partial charge on any atom is 0.0712 e. The number of nitrogens with zero attached hydrogens (tertiary/aromatic N) is 2. The molecule has 0 aromatic heterocycles. The molecule has 2 aromatic rings. The average molecular weight is 316 g/mol. The molecule has 0 saturated carbocycles. The zero-order chi connectivity index (χ0) is 17.0. The Labute approximate surface area is 145 Å². The predicted octanol–water partition coefficient (Wildman–Crippen LogP) is 5.94. The Morgan fingerprint density at radius 2 is 0.958 bits per heavy atom. The van der Waals surface area contributed by atoms with Gasteiger partial charge >= 0.3 is 0 Å². The highest BCUT2D eigenvalue weighted by atomic mass is 14.3. The van der Waals surface area contributed by atoms with Crippen molar-refractivity contribution in [2.75, 3.05) is 0 Å². The monoisotopic (exact) mass is 316 g/mol. The van der Waals surface area contributed by atoms with E-state index in [1.165, 1.54) is 0 Å².